The zero-order chi connectivity index (χ0) is 8.55. The number of pyridine rings is 1. The molecule has 0 aliphatic heterocycles. The van der Waals surface area contributed by atoms with Crippen molar-refractivity contribution in [3.05, 3.63) is 30.2 Å². The van der Waals surface area contributed by atoms with Crippen molar-refractivity contribution in [2.24, 2.45) is 5.73 Å². The van der Waals surface area contributed by atoms with Crippen LogP contribution in [0.3, 0.4) is 0 Å². The maximum absolute atomic E-state index is 7.19. The molecule has 2 aromatic rings. The van der Waals surface area contributed by atoms with Gasteiger partial charge in [-0.05, 0) is 12.1 Å². The number of hydrogen-bond donors (Lipinski definition) is 2. The highest BCUT2D eigenvalue weighted by atomic mass is 15.2. The van der Waals surface area contributed by atoms with Crippen molar-refractivity contribution in [2.75, 3.05) is 0 Å². The average Bonchev–Trinajstić information content (AvgIpc) is 2.49. The van der Waals surface area contributed by atoms with Gasteiger partial charge in [0.05, 0.1) is 0 Å². The molecular weight excluding hydrogens is 154 g/mol. The van der Waals surface area contributed by atoms with Gasteiger partial charge >= 0.3 is 0 Å². The summed E-state index contributed by atoms with van der Waals surface area (Å²) in [5, 5.41) is 14.7. The molecule has 0 saturated carbocycles. The number of nitrogen functional groups attached to an aromatic ring is 1. The zero-order valence-corrected chi connectivity index (χ0v) is 6.23. The van der Waals surface area contributed by atoms with Gasteiger partial charge in [-0.2, -0.15) is 0 Å². The third kappa shape index (κ3) is 0.914. The molecule has 0 aromatic carbocycles. The first-order valence-corrected chi connectivity index (χ1v) is 3.41. The van der Waals surface area contributed by atoms with E-state index in [4.69, 9.17) is 11.1 Å². The fraction of sp³-hybridized carbons (Fsp3) is 0. The number of amidine groups is 1. The lowest BCUT2D eigenvalue weighted by Gasteiger charge is -1.97. The number of hydrogen-bond acceptors (Lipinski definition) is 3. The lowest BCUT2D eigenvalue weighted by atomic mass is 10.2. The van der Waals surface area contributed by atoms with Crippen LogP contribution in [0.1, 0.15) is 5.56 Å². The van der Waals surface area contributed by atoms with Gasteiger partial charge in [-0.3, -0.25) is 9.81 Å². The zero-order valence-electron chi connectivity index (χ0n) is 6.23. The number of aromatic nitrogens is 3. The van der Waals surface area contributed by atoms with Gasteiger partial charge in [0.1, 0.15) is 12.2 Å². The summed E-state index contributed by atoms with van der Waals surface area (Å²) in [6.45, 7) is 0. The van der Waals surface area contributed by atoms with Crippen molar-refractivity contribution in [1.29, 1.82) is 5.41 Å². The predicted octanol–water partition coefficient (Wildman–Crippen LogP) is 0.0134. The van der Waals surface area contributed by atoms with Crippen molar-refractivity contribution in [1.82, 2.24) is 14.6 Å². The van der Waals surface area contributed by atoms with Crippen molar-refractivity contribution in [2.45, 2.75) is 0 Å². The van der Waals surface area contributed by atoms with Crippen LogP contribution < -0.4 is 5.73 Å². The maximum atomic E-state index is 7.19. The van der Waals surface area contributed by atoms with E-state index in [0.717, 1.165) is 5.65 Å². The summed E-state index contributed by atoms with van der Waals surface area (Å²) in [5.74, 6) is 0.0469. The lowest BCUT2D eigenvalue weighted by molar-refractivity contribution is 1.10. The van der Waals surface area contributed by atoms with E-state index in [9.17, 15) is 0 Å². The van der Waals surface area contributed by atoms with Crippen LogP contribution in [0, 0.1) is 5.41 Å². The van der Waals surface area contributed by atoms with Crippen molar-refractivity contribution >= 4 is 11.5 Å². The van der Waals surface area contributed by atoms with Crippen LogP contribution in [-0.2, 0) is 0 Å². The highest BCUT2D eigenvalue weighted by Gasteiger charge is 1.98. The van der Waals surface area contributed by atoms with Crippen LogP contribution in [0.15, 0.2) is 24.7 Å². The van der Waals surface area contributed by atoms with Gasteiger partial charge in [0, 0.05) is 11.8 Å². The second-order valence-electron chi connectivity index (χ2n) is 2.43. The summed E-state index contributed by atoms with van der Waals surface area (Å²) in [4.78, 5) is 0. The van der Waals surface area contributed by atoms with Crippen LogP contribution >= 0.6 is 0 Å². The Hall–Kier alpha value is -1.91. The molecule has 5 heteroatoms. The Bertz CT molecular complexity index is 430. The fourth-order valence-corrected chi connectivity index (χ4v) is 0.987. The van der Waals surface area contributed by atoms with E-state index in [1.54, 1.807) is 29.1 Å². The largest absolute Gasteiger partial charge is 0.384 e. The Morgan fingerprint density at radius 1 is 1.50 bits per heavy atom. The third-order valence-corrected chi connectivity index (χ3v) is 1.60. The number of rotatable bonds is 1. The van der Waals surface area contributed by atoms with E-state index in [1.807, 2.05) is 0 Å². The van der Waals surface area contributed by atoms with E-state index in [0.29, 0.717) is 5.56 Å². The van der Waals surface area contributed by atoms with Crippen molar-refractivity contribution < 1.29 is 0 Å². The molecule has 2 aromatic heterocycles. The molecule has 2 heterocycles. The Morgan fingerprint density at radius 3 is 3.08 bits per heavy atom. The SMILES string of the molecule is N=C(N)c1ccc2nncn2c1. The summed E-state index contributed by atoms with van der Waals surface area (Å²) in [5.41, 5.74) is 6.72. The van der Waals surface area contributed by atoms with Gasteiger partial charge in [0.25, 0.3) is 0 Å². The van der Waals surface area contributed by atoms with E-state index in [1.165, 1.54) is 0 Å². The molecule has 0 bridgehead atoms. The van der Waals surface area contributed by atoms with E-state index < -0.39 is 0 Å². The number of nitrogens with zero attached hydrogens (tertiary/aromatic N) is 3. The van der Waals surface area contributed by atoms with Gasteiger partial charge < -0.3 is 5.73 Å². The smallest absolute Gasteiger partial charge is 0.160 e. The number of nitrogens with one attached hydrogen (secondary N) is 1. The quantitative estimate of drug-likeness (QED) is 0.456. The molecule has 0 unspecified atom stereocenters. The average molecular weight is 161 g/mol. The van der Waals surface area contributed by atoms with Gasteiger partial charge in [0.2, 0.25) is 0 Å². The molecule has 0 amide bonds. The molecule has 12 heavy (non-hydrogen) atoms. The minimum Gasteiger partial charge on any atom is -0.384 e. The molecule has 0 aliphatic rings. The monoisotopic (exact) mass is 161 g/mol. The van der Waals surface area contributed by atoms with Crippen molar-refractivity contribution in [3.8, 4) is 0 Å². The Balaban J connectivity index is 2.68. The minimum atomic E-state index is 0.0469. The minimum absolute atomic E-state index is 0.0469. The van der Waals surface area contributed by atoms with E-state index in [2.05, 4.69) is 10.2 Å². The summed E-state index contributed by atoms with van der Waals surface area (Å²) < 4.78 is 1.72. The molecule has 0 fully saturated rings. The highest BCUT2D eigenvalue weighted by molar-refractivity contribution is 5.94. The van der Waals surface area contributed by atoms with Crippen LogP contribution in [-0.4, -0.2) is 20.4 Å². The summed E-state index contributed by atoms with van der Waals surface area (Å²) in [7, 11) is 0. The molecule has 0 aliphatic carbocycles. The van der Waals surface area contributed by atoms with Crippen LogP contribution in [0.2, 0.25) is 0 Å². The first-order valence-electron chi connectivity index (χ1n) is 3.41. The molecule has 0 saturated heterocycles. The van der Waals surface area contributed by atoms with Crippen molar-refractivity contribution in [3.63, 3.8) is 0 Å². The molecule has 60 valence electrons. The summed E-state index contributed by atoms with van der Waals surface area (Å²) in [6.07, 6.45) is 3.29. The van der Waals surface area contributed by atoms with E-state index in [-0.39, 0.29) is 5.84 Å². The molecule has 2 rings (SSSR count). The first-order chi connectivity index (χ1) is 5.77. The molecule has 0 spiro atoms. The third-order valence-electron chi connectivity index (χ3n) is 1.60. The first kappa shape index (κ1) is 6.78. The van der Waals surface area contributed by atoms with Gasteiger partial charge in [-0.1, -0.05) is 0 Å². The van der Waals surface area contributed by atoms with Crippen LogP contribution in [0.4, 0.5) is 0 Å². The summed E-state index contributed by atoms with van der Waals surface area (Å²) in [6, 6.07) is 3.51. The second kappa shape index (κ2) is 2.30. The fourth-order valence-electron chi connectivity index (χ4n) is 0.987. The topological polar surface area (TPSA) is 80.1 Å². The normalized spacial score (nSPS) is 10.3. The van der Waals surface area contributed by atoms with Gasteiger partial charge in [0.15, 0.2) is 5.65 Å². The Morgan fingerprint density at radius 2 is 2.33 bits per heavy atom. The molecular formula is C7H7N5. The molecule has 0 radical (unpaired) electrons. The van der Waals surface area contributed by atoms with Crippen LogP contribution in [0.25, 0.3) is 5.65 Å². The Labute approximate surface area is 68.3 Å². The van der Waals surface area contributed by atoms with Gasteiger partial charge in [-0.15, -0.1) is 10.2 Å². The predicted molar refractivity (Wildman–Crippen MR) is 44.0 cm³/mol. The molecule has 3 N–H and O–H groups in total. The lowest BCUT2D eigenvalue weighted by Crippen LogP contribution is -2.11. The molecule has 0 atom stereocenters. The standard InChI is InChI=1S/C7H7N5/c8-7(9)5-1-2-6-11-10-4-12(6)3-5/h1-4H,(H3,8,9). The molecule has 5 nitrogen and oxygen atoms in total. The number of nitrogens with two attached hydrogens (primary N) is 1. The number of fused-ring (bicyclic) bond motifs is 1. The highest BCUT2D eigenvalue weighted by Crippen LogP contribution is 2.01. The second-order valence-corrected chi connectivity index (χ2v) is 2.43. The Kier molecular flexibility index (Phi) is 1.30. The van der Waals surface area contributed by atoms with Gasteiger partial charge in [-0.25, -0.2) is 0 Å². The maximum Gasteiger partial charge on any atom is 0.160 e. The van der Waals surface area contributed by atoms with E-state index >= 15 is 0 Å². The summed E-state index contributed by atoms with van der Waals surface area (Å²) >= 11 is 0. The van der Waals surface area contributed by atoms with Crippen LogP contribution in [0.5, 0.6) is 0 Å².